The Morgan fingerprint density at radius 2 is 2.20 bits per heavy atom. The van der Waals surface area contributed by atoms with Gasteiger partial charge >= 0.3 is 0 Å². The lowest BCUT2D eigenvalue weighted by molar-refractivity contribution is 0.0780. The van der Waals surface area contributed by atoms with E-state index in [1.54, 1.807) is 37.3 Å². The molecule has 1 N–H and O–H groups in total. The van der Waals surface area contributed by atoms with Gasteiger partial charge in [-0.15, -0.1) is 0 Å². The summed E-state index contributed by atoms with van der Waals surface area (Å²) in [6.07, 6.45) is 2.29. The third kappa shape index (κ3) is 3.22. The molecule has 1 saturated heterocycles. The van der Waals surface area contributed by atoms with Crippen LogP contribution in [0.1, 0.15) is 23.2 Å². The lowest BCUT2D eigenvalue weighted by Crippen LogP contribution is -2.38. The van der Waals surface area contributed by atoms with Crippen molar-refractivity contribution >= 4 is 5.91 Å². The molecule has 1 aliphatic heterocycles. The number of rotatable bonds is 5. The van der Waals surface area contributed by atoms with Crippen LogP contribution in [0.5, 0.6) is 11.5 Å². The fourth-order valence-corrected chi connectivity index (χ4v) is 2.51. The number of nitrogens with one attached hydrogen (secondary N) is 1. The van der Waals surface area contributed by atoms with E-state index in [0.717, 1.165) is 13.0 Å². The summed E-state index contributed by atoms with van der Waals surface area (Å²) in [7, 11) is 4.97. The second kappa shape index (κ2) is 6.61. The molecule has 110 valence electrons. The molecule has 0 spiro atoms. The van der Waals surface area contributed by atoms with Crippen molar-refractivity contribution in [1.82, 2.24) is 10.2 Å². The first-order valence-corrected chi connectivity index (χ1v) is 6.86. The van der Waals surface area contributed by atoms with Gasteiger partial charge in [0.05, 0.1) is 19.8 Å². The van der Waals surface area contributed by atoms with Gasteiger partial charge < -0.3 is 19.7 Å². The Bertz CT molecular complexity index is 470. The van der Waals surface area contributed by atoms with Crippen LogP contribution in [0.2, 0.25) is 0 Å². The van der Waals surface area contributed by atoms with Gasteiger partial charge in [0.15, 0.2) is 0 Å². The maximum atomic E-state index is 12.5. The molecule has 5 nitrogen and oxygen atoms in total. The predicted molar refractivity (Wildman–Crippen MR) is 77.5 cm³/mol. The summed E-state index contributed by atoms with van der Waals surface area (Å²) < 4.78 is 10.4. The maximum absolute atomic E-state index is 12.5. The molecule has 0 aromatic heterocycles. The number of benzene rings is 1. The van der Waals surface area contributed by atoms with Crippen LogP contribution in [0.4, 0.5) is 0 Å². The molecule has 5 heteroatoms. The number of methoxy groups -OCH3 is 2. The molecule has 1 aliphatic rings. The normalized spacial score (nSPS) is 17.9. The molecule has 0 radical (unpaired) electrons. The number of carbonyl (C=O) groups is 1. The molecule has 1 amide bonds. The van der Waals surface area contributed by atoms with Gasteiger partial charge in [0.1, 0.15) is 11.5 Å². The minimum atomic E-state index is -0.0468. The Hall–Kier alpha value is -1.75. The average molecular weight is 278 g/mol. The second-order valence-electron chi connectivity index (χ2n) is 5.05. The van der Waals surface area contributed by atoms with E-state index in [2.05, 4.69) is 5.32 Å². The van der Waals surface area contributed by atoms with Crippen LogP contribution in [0, 0.1) is 0 Å². The van der Waals surface area contributed by atoms with Crippen molar-refractivity contribution in [3.05, 3.63) is 23.8 Å². The number of nitrogens with zero attached hydrogens (tertiary/aromatic N) is 1. The van der Waals surface area contributed by atoms with Crippen LogP contribution in [0.25, 0.3) is 0 Å². The average Bonchev–Trinajstić information content (AvgIpc) is 2.98. The Morgan fingerprint density at radius 3 is 2.80 bits per heavy atom. The van der Waals surface area contributed by atoms with Gasteiger partial charge in [0.2, 0.25) is 0 Å². The van der Waals surface area contributed by atoms with Gasteiger partial charge in [0, 0.05) is 19.6 Å². The van der Waals surface area contributed by atoms with Crippen LogP contribution in [-0.4, -0.2) is 51.2 Å². The summed E-state index contributed by atoms with van der Waals surface area (Å²) in [4.78, 5) is 14.3. The third-order valence-corrected chi connectivity index (χ3v) is 3.64. The highest BCUT2D eigenvalue weighted by molar-refractivity contribution is 5.97. The van der Waals surface area contributed by atoms with Crippen molar-refractivity contribution < 1.29 is 14.3 Å². The SMILES string of the molecule is COc1ccc(OC)c(C(=O)N(C)CC2CCCN2)c1. The van der Waals surface area contributed by atoms with E-state index >= 15 is 0 Å². The van der Waals surface area contributed by atoms with E-state index in [4.69, 9.17) is 9.47 Å². The van der Waals surface area contributed by atoms with E-state index in [1.807, 2.05) is 7.05 Å². The fraction of sp³-hybridized carbons (Fsp3) is 0.533. The minimum absolute atomic E-state index is 0.0468. The highest BCUT2D eigenvalue weighted by Gasteiger charge is 2.22. The van der Waals surface area contributed by atoms with E-state index in [9.17, 15) is 4.79 Å². The number of hydrogen-bond acceptors (Lipinski definition) is 4. The number of carbonyl (C=O) groups excluding carboxylic acids is 1. The van der Waals surface area contributed by atoms with Crippen molar-refractivity contribution in [2.75, 3.05) is 34.4 Å². The lowest BCUT2D eigenvalue weighted by Gasteiger charge is -2.22. The molecule has 1 aromatic carbocycles. The Labute approximate surface area is 119 Å². The van der Waals surface area contributed by atoms with Crippen LogP contribution in [0.15, 0.2) is 18.2 Å². The maximum Gasteiger partial charge on any atom is 0.257 e. The van der Waals surface area contributed by atoms with Crippen LogP contribution in [0.3, 0.4) is 0 Å². The molecule has 1 atom stereocenters. The van der Waals surface area contributed by atoms with Gasteiger partial charge in [0.25, 0.3) is 5.91 Å². The van der Waals surface area contributed by atoms with Crippen molar-refractivity contribution in [3.63, 3.8) is 0 Å². The molecule has 0 aliphatic carbocycles. The van der Waals surface area contributed by atoms with Crippen molar-refractivity contribution in [2.45, 2.75) is 18.9 Å². The van der Waals surface area contributed by atoms with Gasteiger partial charge in [-0.1, -0.05) is 0 Å². The molecule has 1 unspecified atom stereocenters. The topological polar surface area (TPSA) is 50.8 Å². The second-order valence-corrected chi connectivity index (χ2v) is 5.05. The van der Waals surface area contributed by atoms with Gasteiger partial charge in [-0.2, -0.15) is 0 Å². The summed E-state index contributed by atoms with van der Waals surface area (Å²) in [5.41, 5.74) is 0.535. The zero-order valence-corrected chi connectivity index (χ0v) is 12.3. The summed E-state index contributed by atoms with van der Waals surface area (Å²) in [6, 6.07) is 5.65. The molecular weight excluding hydrogens is 256 g/mol. The first kappa shape index (κ1) is 14.7. The van der Waals surface area contributed by atoms with Crippen LogP contribution >= 0.6 is 0 Å². The quantitative estimate of drug-likeness (QED) is 0.887. The zero-order chi connectivity index (χ0) is 14.5. The largest absolute Gasteiger partial charge is 0.497 e. The standard InChI is InChI=1S/C15H22N2O3/c1-17(10-11-5-4-8-16-11)15(18)13-9-12(19-2)6-7-14(13)20-3/h6-7,9,11,16H,4-5,8,10H2,1-3H3. The van der Waals surface area contributed by atoms with Crippen LogP contribution in [-0.2, 0) is 0 Å². The summed E-state index contributed by atoms with van der Waals surface area (Å²) in [5.74, 6) is 1.18. The third-order valence-electron chi connectivity index (χ3n) is 3.64. The van der Waals surface area contributed by atoms with Crippen molar-refractivity contribution in [2.24, 2.45) is 0 Å². The number of amides is 1. The lowest BCUT2D eigenvalue weighted by atomic mass is 10.1. The summed E-state index contributed by atoms with van der Waals surface area (Å²) in [6.45, 7) is 1.74. The molecule has 1 aromatic rings. The molecule has 1 fully saturated rings. The van der Waals surface area contributed by atoms with Gasteiger partial charge in [-0.3, -0.25) is 4.79 Å². The predicted octanol–water partition coefficient (Wildman–Crippen LogP) is 1.53. The highest BCUT2D eigenvalue weighted by Crippen LogP contribution is 2.25. The smallest absolute Gasteiger partial charge is 0.257 e. The number of likely N-dealkylation sites (N-methyl/N-ethyl adjacent to an activating group) is 1. The van der Waals surface area contributed by atoms with Crippen LogP contribution < -0.4 is 14.8 Å². The van der Waals surface area contributed by atoms with Crippen molar-refractivity contribution in [1.29, 1.82) is 0 Å². The Morgan fingerprint density at radius 1 is 1.40 bits per heavy atom. The zero-order valence-electron chi connectivity index (χ0n) is 12.3. The monoisotopic (exact) mass is 278 g/mol. The molecule has 2 rings (SSSR count). The highest BCUT2D eigenvalue weighted by atomic mass is 16.5. The first-order valence-electron chi connectivity index (χ1n) is 6.86. The summed E-state index contributed by atoms with van der Waals surface area (Å²) in [5, 5.41) is 3.40. The number of ether oxygens (including phenoxy) is 2. The Kier molecular flexibility index (Phi) is 4.84. The fourth-order valence-electron chi connectivity index (χ4n) is 2.51. The Balaban J connectivity index is 2.13. The summed E-state index contributed by atoms with van der Waals surface area (Å²) >= 11 is 0. The molecular formula is C15H22N2O3. The van der Waals surface area contributed by atoms with E-state index < -0.39 is 0 Å². The van der Waals surface area contributed by atoms with Gasteiger partial charge in [-0.25, -0.2) is 0 Å². The van der Waals surface area contributed by atoms with E-state index in [0.29, 0.717) is 29.6 Å². The van der Waals surface area contributed by atoms with Crippen molar-refractivity contribution in [3.8, 4) is 11.5 Å². The molecule has 1 heterocycles. The van der Waals surface area contributed by atoms with E-state index in [1.165, 1.54) is 6.42 Å². The van der Waals surface area contributed by atoms with Gasteiger partial charge in [-0.05, 0) is 37.6 Å². The minimum Gasteiger partial charge on any atom is -0.497 e. The molecule has 0 bridgehead atoms. The first-order chi connectivity index (χ1) is 9.65. The molecule has 20 heavy (non-hydrogen) atoms. The number of hydrogen-bond donors (Lipinski definition) is 1. The molecule has 0 saturated carbocycles. The van der Waals surface area contributed by atoms with E-state index in [-0.39, 0.29) is 5.91 Å².